The molecule has 0 N–H and O–H groups in total. The van der Waals surface area contributed by atoms with Crippen molar-refractivity contribution in [2.75, 3.05) is 0 Å². The Hall–Kier alpha value is -2.93. The zero-order chi connectivity index (χ0) is 17.9. The first kappa shape index (κ1) is 15.3. The molecule has 0 unspecified atom stereocenters. The highest BCUT2D eigenvalue weighted by Crippen LogP contribution is 2.52. The Kier molecular flexibility index (Phi) is 3.12. The second-order valence-electron chi connectivity index (χ2n) is 7.79. The molecule has 1 aromatic heterocycles. The normalized spacial score (nSPS) is 14.3. The number of hydrogen-bond donors (Lipinski definition) is 0. The molecular weight excluding hydrogens is 314 g/mol. The lowest BCUT2D eigenvalue weighted by molar-refractivity contribution is 0.662. The van der Waals surface area contributed by atoms with Crippen LogP contribution >= 0.6 is 0 Å². The lowest BCUT2D eigenvalue weighted by Crippen LogP contribution is -2.16. The molecule has 1 aliphatic carbocycles. The molecule has 0 spiro atoms. The molecule has 3 aromatic carbocycles. The number of benzene rings is 3. The monoisotopic (exact) mass is 335 g/mol. The summed E-state index contributed by atoms with van der Waals surface area (Å²) < 4.78 is 0. The second kappa shape index (κ2) is 5.28. The smallest absolute Gasteiger partial charge is 0.0783 e. The van der Waals surface area contributed by atoms with Crippen molar-refractivity contribution in [3.05, 3.63) is 89.6 Å². The molecule has 126 valence electrons. The number of rotatable bonds is 1. The van der Waals surface area contributed by atoms with Crippen LogP contribution in [-0.2, 0) is 5.41 Å². The third-order valence-corrected chi connectivity index (χ3v) is 5.73. The van der Waals surface area contributed by atoms with Crippen molar-refractivity contribution < 1.29 is 0 Å². The molecule has 1 aliphatic rings. The van der Waals surface area contributed by atoms with Gasteiger partial charge in [0.1, 0.15) is 0 Å². The minimum Gasteiger partial charge on any atom is -0.256 e. The average Bonchev–Trinajstić information content (AvgIpc) is 2.88. The number of nitrogens with zero attached hydrogens (tertiary/aromatic N) is 1. The van der Waals surface area contributed by atoms with E-state index in [1.54, 1.807) is 0 Å². The van der Waals surface area contributed by atoms with E-state index in [-0.39, 0.29) is 5.41 Å². The summed E-state index contributed by atoms with van der Waals surface area (Å²) >= 11 is 0. The highest BCUT2D eigenvalue weighted by molar-refractivity contribution is 5.98. The Morgan fingerprint density at radius 3 is 2.38 bits per heavy atom. The lowest BCUT2D eigenvalue weighted by atomic mass is 9.79. The predicted molar refractivity (Wildman–Crippen MR) is 109 cm³/mol. The molecule has 0 saturated carbocycles. The lowest BCUT2D eigenvalue weighted by Gasteiger charge is -2.25. The zero-order valence-electron chi connectivity index (χ0n) is 15.4. The van der Waals surface area contributed by atoms with E-state index in [0.29, 0.717) is 0 Å². The molecule has 0 atom stereocenters. The highest BCUT2D eigenvalue weighted by atomic mass is 14.7. The Bertz CT molecular complexity index is 1160. The molecule has 0 saturated heterocycles. The number of pyridine rings is 1. The maximum atomic E-state index is 4.82. The van der Waals surface area contributed by atoms with Gasteiger partial charge in [-0.05, 0) is 52.3 Å². The zero-order valence-corrected chi connectivity index (χ0v) is 15.4. The van der Waals surface area contributed by atoms with Gasteiger partial charge in [-0.2, -0.15) is 0 Å². The molecule has 1 heterocycles. The molecule has 0 bridgehead atoms. The highest BCUT2D eigenvalue weighted by Gasteiger charge is 2.37. The van der Waals surface area contributed by atoms with Crippen molar-refractivity contribution >= 4 is 10.8 Å². The van der Waals surface area contributed by atoms with Crippen LogP contribution in [0.2, 0.25) is 0 Å². The van der Waals surface area contributed by atoms with Crippen molar-refractivity contribution in [2.45, 2.75) is 26.2 Å². The molecular formula is C25H21N. The Balaban J connectivity index is 1.91. The van der Waals surface area contributed by atoms with Crippen LogP contribution in [-0.4, -0.2) is 4.98 Å². The Morgan fingerprint density at radius 2 is 1.50 bits per heavy atom. The average molecular weight is 335 g/mol. The third-order valence-electron chi connectivity index (χ3n) is 5.73. The van der Waals surface area contributed by atoms with Crippen molar-refractivity contribution in [1.82, 2.24) is 4.98 Å². The molecule has 5 rings (SSSR count). The fraction of sp³-hybridized carbons (Fsp3) is 0.160. The van der Waals surface area contributed by atoms with Crippen LogP contribution < -0.4 is 0 Å². The molecule has 0 radical (unpaired) electrons. The van der Waals surface area contributed by atoms with Crippen molar-refractivity contribution in [3.8, 4) is 22.4 Å². The molecule has 0 aliphatic heterocycles. The van der Waals surface area contributed by atoms with Gasteiger partial charge in [0, 0.05) is 22.6 Å². The van der Waals surface area contributed by atoms with Crippen molar-refractivity contribution in [1.29, 1.82) is 0 Å². The summed E-state index contributed by atoms with van der Waals surface area (Å²) in [5.41, 5.74) is 9.11. The van der Waals surface area contributed by atoms with Crippen molar-refractivity contribution in [2.24, 2.45) is 0 Å². The van der Waals surface area contributed by atoms with Gasteiger partial charge < -0.3 is 0 Å². The number of aromatic nitrogens is 1. The van der Waals surface area contributed by atoms with Crippen LogP contribution in [0.15, 0.2) is 72.9 Å². The molecule has 0 fully saturated rings. The number of hydrogen-bond acceptors (Lipinski definition) is 1. The molecule has 26 heavy (non-hydrogen) atoms. The largest absolute Gasteiger partial charge is 0.256 e. The predicted octanol–water partition coefficient (Wildman–Crippen LogP) is 6.52. The summed E-state index contributed by atoms with van der Waals surface area (Å²) in [5.74, 6) is 0. The van der Waals surface area contributed by atoms with Gasteiger partial charge in [-0.1, -0.05) is 68.4 Å². The van der Waals surface area contributed by atoms with Gasteiger partial charge in [-0.15, -0.1) is 0 Å². The maximum absolute atomic E-state index is 4.82. The minimum absolute atomic E-state index is 0.0341. The first-order valence-electron chi connectivity index (χ1n) is 9.16. The maximum Gasteiger partial charge on any atom is 0.0783 e. The van der Waals surface area contributed by atoms with E-state index in [0.717, 1.165) is 5.69 Å². The van der Waals surface area contributed by atoms with E-state index in [2.05, 4.69) is 87.5 Å². The van der Waals surface area contributed by atoms with Gasteiger partial charge in [0.05, 0.1) is 5.69 Å². The van der Waals surface area contributed by atoms with Crippen molar-refractivity contribution in [3.63, 3.8) is 0 Å². The van der Waals surface area contributed by atoms with Crippen LogP contribution in [0.25, 0.3) is 33.2 Å². The van der Waals surface area contributed by atoms with E-state index >= 15 is 0 Å². The second-order valence-corrected chi connectivity index (χ2v) is 7.79. The quantitative estimate of drug-likeness (QED) is 0.386. The van der Waals surface area contributed by atoms with Crippen LogP contribution in [0.5, 0.6) is 0 Å². The number of fused-ring (bicyclic) bond motifs is 4. The topological polar surface area (TPSA) is 12.9 Å². The van der Waals surface area contributed by atoms with Crippen LogP contribution in [0, 0.1) is 6.92 Å². The van der Waals surface area contributed by atoms with Crippen LogP contribution in [0.4, 0.5) is 0 Å². The SMILES string of the molecule is Cc1cc2c(c(-c3nccc4ccccc34)c1)C(C)(C)c1ccccc1-2. The van der Waals surface area contributed by atoms with E-state index in [4.69, 9.17) is 4.98 Å². The summed E-state index contributed by atoms with van der Waals surface area (Å²) in [5, 5.41) is 2.45. The van der Waals surface area contributed by atoms with E-state index < -0.39 is 0 Å². The molecule has 1 nitrogen and oxygen atoms in total. The summed E-state index contributed by atoms with van der Waals surface area (Å²) in [7, 11) is 0. The first-order chi connectivity index (χ1) is 12.6. The van der Waals surface area contributed by atoms with E-state index in [1.807, 2.05) is 6.20 Å². The standard InChI is InChI=1S/C25H21N/c1-16-14-20-19-10-6-7-11-22(19)25(2,3)23(20)21(15-16)24-18-9-5-4-8-17(18)12-13-26-24/h4-15H,1-3H3. The number of aryl methyl sites for hydroxylation is 1. The van der Waals surface area contributed by atoms with E-state index in [9.17, 15) is 0 Å². The first-order valence-corrected chi connectivity index (χ1v) is 9.16. The van der Waals surface area contributed by atoms with Gasteiger partial charge in [-0.3, -0.25) is 4.98 Å². The third kappa shape index (κ3) is 2.00. The van der Waals surface area contributed by atoms with Crippen LogP contribution in [0.3, 0.4) is 0 Å². The van der Waals surface area contributed by atoms with E-state index in [1.165, 1.54) is 44.2 Å². The molecule has 4 aromatic rings. The minimum atomic E-state index is -0.0341. The fourth-order valence-electron chi connectivity index (χ4n) is 4.59. The van der Waals surface area contributed by atoms with Gasteiger partial charge in [-0.25, -0.2) is 0 Å². The summed E-state index contributed by atoms with van der Waals surface area (Å²) in [4.78, 5) is 4.82. The van der Waals surface area contributed by atoms with Gasteiger partial charge in [0.15, 0.2) is 0 Å². The van der Waals surface area contributed by atoms with Crippen LogP contribution in [0.1, 0.15) is 30.5 Å². The summed E-state index contributed by atoms with van der Waals surface area (Å²) in [6.45, 7) is 6.85. The van der Waals surface area contributed by atoms with Gasteiger partial charge in [0.25, 0.3) is 0 Å². The summed E-state index contributed by atoms with van der Waals surface area (Å²) in [6, 6.07) is 24.1. The Morgan fingerprint density at radius 1 is 0.769 bits per heavy atom. The van der Waals surface area contributed by atoms with Gasteiger partial charge >= 0.3 is 0 Å². The summed E-state index contributed by atoms with van der Waals surface area (Å²) in [6.07, 6.45) is 1.93. The molecule has 0 amide bonds. The van der Waals surface area contributed by atoms with Gasteiger partial charge in [0.2, 0.25) is 0 Å². The molecule has 1 heteroatoms. The Labute approximate surface area is 154 Å². The fourth-order valence-corrected chi connectivity index (χ4v) is 4.59.